The van der Waals surface area contributed by atoms with Crippen molar-refractivity contribution in [2.24, 2.45) is 5.92 Å². The number of hydrogen-bond acceptors (Lipinski definition) is 2. The Balaban J connectivity index is 2.84. The van der Waals surface area contributed by atoms with Crippen molar-refractivity contribution in [3.63, 3.8) is 0 Å². The van der Waals surface area contributed by atoms with Gasteiger partial charge < -0.3 is 5.32 Å². The van der Waals surface area contributed by atoms with E-state index in [2.05, 4.69) is 44.8 Å². The summed E-state index contributed by atoms with van der Waals surface area (Å²) in [5.41, 5.74) is 0.438. The lowest BCUT2D eigenvalue weighted by Gasteiger charge is -2.47. The van der Waals surface area contributed by atoms with Crippen LogP contribution in [0, 0.1) is 5.92 Å². The Morgan fingerprint density at radius 1 is 1.00 bits per heavy atom. The fourth-order valence-corrected chi connectivity index (χ4v) is 4.10. The molecule has 2 nitrogen and oxygen atoms in total. The van der Waals surface area contributed by atoms with E-state index >= 15 is 0 Å². The van der Waals surface area contributed by atoms with Gasteiger partial charge in [0.25, 0.3) is 0 Å². The molecule has 1 atom stereocenters. The van der Waals surface area contributed by atoms with Crippen LogP contribution in [-0.4, -0.2) is 36.1 Å². The molecular formula is C18H38N2. The second-order valence-corrected chi connectivity index (χ2v) is 6.96. The summed E-state index contributed by atoms with van der Waals surface area (Å²) in [4.78, 5) is 2.76. The lowest BCUT2D eigenvalue weighted by Crippen LogP contribution is -2.60. The van der Waals surface area contributed by atoms with Crippen molar-refractivity contribution in [1.29, 1.82) is 0 Å². The zero-order chi connectivity index (χ0) is 15.0. The normalized spacial score (nSPS) is 19.9. The molecule has 1 aliphatic carbocycles. The highest BCUT2D eigenvalue weighted by molar-refractivity contribution is 5.03. The molecular weight excluding hydrogens is 244 g/mol. The molecule has 0 amide bonds. The number of rotatable bonds is 10. The minimum absolute atomic E-state index is 0.438. The van der Waals surface area contributed by atoms with Crippen molar-refractivity contribution in [3.05, 3.63) is 0 Å². The third-order valence-corrected chi connectivity index (χ3v) is 5.18. The second-order valence-electron chi connectivity index (χ2n) is 6.96. The van der Waals surface area contributed by atoms with Crippen LogP contribution in [0.15, 0.2) is 0 Å². The molecule has 0 aromatic heterocycles. The smallest absolute Gasteiger partial charge is 0.0362 e. The first-order valence-electron chi connectivity index (χ1n) is 9.09. The number of likely N-dealkylation sites (N-methyl/N-ethyl adjacent to an activating group) is 1. The number of hydrogen-bond donors (Lipinski definition) is 1. The fraction of sp³-hybridized carbons (Fsp3) is 1.00. The van der Waals surface area contributed by atoms with Crippen LogP contribution in [0.2, 0.25) is 0 Å². The molecule has 0 aromatic rings. The van der Waals surface area contributed by atoms with Gasteiger partial charge in [0, 0.05) is 11.6 Å². The maximum absolute atomic E-state index is 3.92. The highest BCUT2D eigenvalue weighted by atomic mass is 15.2. The van der Waals surface area contributed by atoms with Crippen LogP contribution in [-0.2, 0) is 0 Å². The van der Waals surface area contributed by atoms with Gasteiger partial charge >= 0.3 is 0 Å². The highest BCUT2D eigenvalue weighted by Gasteiger charge is 2.44. The van der Waals surface area contributed by atoms with E-state index in [-0.39, 0.29) is 0 Å². The van der Waals surface area contributed by atoms with Crippen LogP contribution < -0.4 is 5.32 Å². The van der Waals surface area contributed by atoms with Gasteiger partial charge in [-0.05, 0) is 57.7 Å². The molecule has 0 radical (unpaired) electrons. The Morgan fingerprint density at radius 2 is 1.60 bits per heavy atom. The van der Waals surface area contributed by atoms with Gasteiger partial charge in [0.2, 0.25) is 0 Å². The van der Waals surface area contributed by atoms with E-state index in [0.717, 1.165) is 5.92 Å². The predicted molar refractivity (Wildman–Crippen MR) is 90.3 cm³/mol. The number of nitrogens with one attached hydrogen (secondary N) is 1. The summed E-state index contributed by atoms with van der Waals surface area (Å²) < 4.78 is 0. The summed E-state index contributed by atoms with van der Waals surface area (Å²) in [6.45, 7) is 15.2. The molecule has 1 fully saturated rings. The molecule has 1 aliphatic rings. The molecule has 0 saturated heterocycles. The SMILES string of the molecule is CCCNC(CCC(C)C)C1(N(CC)CC)CCCC1. The Bertz CT molecular complexity index is 240. The van der Waals surface area contributed by atoms with Crippen molar-refractivity contribution in [1.82, 2.24) is 10.2 Å². The minimum Gasteiger partial charge on any atom is -0.312 e. The van der Waals surface area contributed by atoms with Crippen LogP contribution in [0.25, 0.3) is 0 Å². The molecule has 1 saturated carbocycles. The van der Waals surface area contributed by atoms with E-state index < -0.39 is 0 Å². The third kappa shape index (κ3) is 4.46. The second kappa shape index (κ2) is 9.04. The molecule has 1 unspecified atom stereocenters. The summed E-state index contributed by atoms with van der Waals surface area (Å²) in [5.74, 6) is 0.816. The van der Waals surface area contributed by atoms with Gasteiger partial charge in [-0.1, -0.05) is 47.5 Å². The Morgan fingerprint density at radius 3 is 2.05 bits per heavy atom. The van der Waals surface area contributed by atoms with Crippen molar-refractivity contribution in [2.75, 3.05) is 19.6 Å². The van der Waals surface area contributed by atoms with Crippen LogP contribution in [0.5, 0.6) is 0 Å². The maximum Gasteiger partial charge on any atom is 0.0362 e. The molecule has 0 bridgehead atoms. The van der Waals surface area contributed by atoms with Crippen molar-refractivity contribution < 1.29 is 0 Å². The molecule has 0 aromatic carbocycles. The van der Waals surface area contributed by atoms with Crippen molar-refractivity contribution in [3.8, 4) is 0 Å². The first-order chi connectivity index (χ1) is 9.60. The average Bonchev–Trinajstić information content (AvgIpc) is 2.90. The molecule has 1 N–H and O–H groups in total. The van der Waals surface area contributed by atoms with E-state index in [1.165, 1.54) is 64.6 Å². The Hall–Kier alpha value is -0.0800. The minimum atomic E-state index is 0.438. The summed E-state index contributed by atoms with van der Waals surface area (Å²) in [6, 6.07) is 0.687. The van der Waals surface area contributed by atoms with Gasteiger partial charge in [0.1, 0.15) is 0 Å². The Labute approximate surface area is 127 Å². The molecule has 0 spiro atoms. The zero-order valence-corrected chi connectivity index (χ0v) is 14.7. The van der Waals surface area contributed by atoms with E-state index in [1.54, 1.807) is 0 Å². The third-order valence-electron chi connectivity index (χ3n) is 5.18. The molecule has 20 heavy (non-hydrogen) atoms. The fourth-order valence-electron chi connectivity index (χ4n) is 4.10. The lowest BCUT2D eigenvalue weighted by atomic mass is 9.82. The predicted octanol–water partition coefficient (Wildman–Crippen LogP) is 4.45. The summed E-state index contributed by atoms with van der Waals surface area (Å²) in [5, 5.41) is 3.92. The largest absolute Gasteiger partial charge is 0.312 e. The van der Waals surface area contributed by atoms with Crippen LogP contribution in [0.1, 0.15) is 79.6 Å². The monoisotopic (exact) mass is 282 g/mol. The van der Waals surface area contributed by atoms with Crippen LogP contribution >= 0.6 is 0 Å². The van der Waals surface area contributed by atoms with Crippen molar-refractivity contribution >= 4 is 0 Å². The number of nitrogens with zero attached hydrogens (tertiary/aromatic N) is 1. The van der Waals surface area contributed by atoms with Gasteiger partial charge in [-0.3, -0.25) is 4.90 Å². The zero-order valence-electron chi connectivity index (χ0n) is 14.7. The first-order valence-corrected chi connectivity index (χ1v) is 9.09. The van der Waals surface area contributed by atoms with E-state index in [9.17, 15) is 0 Å². The lowest BCUT2D eigenvalue weighted by molar-refractivity contribution is 0.0576. The molecule has 2 heteroatoms. The molecule has 1 rings (SSSR count). The van der Waals surface area contributed by atoms with Gasteiger partial charge in [0.15, 0.2) is 0 Å². The van der Waals surface area contributed by atoms with Gasteiger partial charge in [-0.25, -0.2) is 0 Å². The maximum atomic E-state index is 3.92. The Kier molecular flexibility index (Phi) is 8.13. The summed E-state index contributed by atoms with van der Waals surface area (Å²) in [6.07, 6.45) is 9.57. The van der Waals surface area contributed by atoms with E-state index in [4.69, 9.17) is 0 Å². The van der Waals surface area contributed by atoms with Crippen LogP contribution in [0.4, 0.5) is 0 Å². The quantitative estimate of drug-likeness (QED) is 0.637. The van der Waals surface area contributed by atoms with Crippen LogP contribution in [0.3, 0.4) is 0 Å². The first kappa shape index (κ1) is 18.0. The van der Waals surface area contributed by atoms with Crippen molar-refractivity contribution in [2.45, 2.75) is 91.1 Å². The molecule has 0 aliphatic heterocycles. The van der Waals surface area contributed by atoms with Gasteiger partial charge in [-0.15, -0.1) is 0 Å². The molecule has 120 valence electrons. The standard InChI is InChI=1S/C18H38N2/c1-6-15-19-17(12-11-16(4)5)18(13-9-10-14-18)20(7-2)8-3/h16-17,19H,6-15H2,1-5H3. The molecule has 0 heterocycles. The summed E-state index contributed by atoms with van der Waals surface area (Å²) >= 11 is 0. The highest BCUT2D eigenvalue weighted by Crippen LogP contribution is 2.39. The van der Waals surface area contributed by atoms with Gasteiger partial charge in [-0.2, -0.15) is 0 Å². The van der Waals surface area contributed by atoms with Gasteiger partial charge in [0.05, 0.1) is 0 Å². The summed E-state index contributed by atoms with van der Waals surface area (Å²) in [7, 11) is 0. The van der Waals surface area contributed by atoms with E-state index in [0.29, 0.717) is 11.6 Å². The van der Waals surface area contributed by atoms with E-state index in [1.807, 2.05) is 0 Å². The average molecular weight is 283 g/mol. The topological polar surface area (TPSA) is 15.3 Å².